The van der Waals surface area contributed by atoms with Crippen LogP contribution in [0.2, 0.25) is 0 Å². The molecule has 2 rings (SSSR count). The van der Waals surface area contributed by atoms with E-state index in [9.17, 15) is 4.79 Å². The predicted octanol–water partition coefficient (Wildman–Crippen LogP) is 2.83. The molecule has 0 aromatic heterocycles. The Morgan fingerprint density at radius 2 is 2.10 bits per heavy atom. The SMILES string of the molecule is COC(=O)/C=C\CCCOC1=CC(=[N+]2CCCC2)CCC1. The lowest BCUT2D eigenvalue weighted by Gasteiger charge is -2.14. The third-order valence-corrected chi connectivity index (χ3v) is 3.95. The molecule has 116 valence electrons. The molecule has 0 spiro atoms. The highest BCUT2D eigenvalue weighted by atomic mass is 16.5. The molecule has 0 aromatic carbocycles. The topological polar surface area (TPSA) is 38.5 Å². The molecule has 0 amide bonds. The van der Waals surface area contributed by atoms with Gasteiger partial charge >= 0.3 is 5.97 Å². The van der Waals surface area contributed by atoms with E-state index in [1.165, 1.54) is 57.7 Å². The van der Waals surface area contributed by atoms with Crippen LogP contribution < -0.4 is 0 Å². The molecule has 0 bridgehead atoms. The van der Waals surface area contributed by atoms with E-state index in [1.807, 2.05) is 6.08 Å². The maximum atomic E-state index is 10.9. The van der Waals surface area contributed by atoms with Crippen LogP contribution in [0.1, 0.15) is 44.9 Å². The van der Waals surface area contributed by atoms with Crippen molar-refractivity contribution in [3.05, 3.63) is 24.0 Å². The second-order valence-corrected chi connectivity index (χ2v) is 5.57. The van der Waals surface area contributed by atoms with Gasteiger partial charge in [0.05, 0.1) is 13.7 Å². The number of carbonyl (C=O) groups is 1. The quantitative estimate of drug-likeness (QED) is 0.327. The third kappa shape index (κ3) is 5.37. The van der Waals surface area contributed by atoms with E-state index in [2.05, 4.69) is 15.4 Å². The lowest BCUT2D eigenvalue weighted by molar-refractivity contribution is -0.506. The van der Waals surface area contributed by atoms with Crippen LogP contribution in [0.3, 0.4) is 0 Å². The van der Waals surface area contributed by atoms with Gasteiger partial charge in [-0.15, -0.1) is 0 Å². The van der Waals surface area contributed by atoms with Crippen LogP contribution in [0.5, 0.6) is 0 Å². The Hall–Kier alpha value is -1.58. The molecular formula is C17H26NO3+. The average molecular weight is 292 g/mol. The fraction of sp³-hybridized carbons (Fsp3) is 0.647. The molecule has 0 atom stereocenters. The fourth-order valence-corrected chi connectivity index (χ4v) is 2.79. The van der Waals surface area contributed by atoms with E-state index in [0.29, 0.717) is 6.61 Å². The number of unbranched alkanes of at least 4 members (excludes halogenated alkanes) is 1. The molecule has 0 saturated carbocycles. The van der Waals surface area contributed by atoms with Gasteiger partial charge in [-0.25, -0.2) is 9.37 Å². The molecule has 21 heavy (non-hydrogen) atoms. The zero-order valence-corrected chi connectivity index (χ0v) is 13.0. The number of carbonyl (C=O) groups excluding carboxylic acids is 1. The zero-order valence-electron chi connectivity index (χ0n) is 13.0. The van der Waals surface area contributed by atoms with Crippen molar-refractivity contribution in [2.45, 2.75) is 44.9 Å². The Balaban J connectivity index is 1.71. The molecule has 2 aliphatic rings. The molecule has 1 aliphatic carbocycles. The van der Waals surface area contributed by atoms with Gasteiger partial charge in [-0.3, -0.25) is 0 Å². The minimum absolute atomic E-state index is 0.296. The van der Waals surface area contributed by atoms with Crippen LogP contribution >= 0.6 is 0 Å². The monoisotopic (exact) mass is 292 g/mol. The highest BCUT2D eigenvalue weighted by molar-refractivity contribution is 5.92. The van der Waals surface area contributed by atoms with Crippen LogP contribution in [0.4, 0.5) is 0 Å². The predicted molar refractivity (Wildman–Crippen MR) is 82.5 cm³/mol. The first-order valence-electron chi connectivity index (χ1n) is 7.98. The first-order chi connectivity index (χ1) is 10.3. The molecule has 0 radical (unpaired) electrons. The van der Waals surface area contributed by atoms with E-state index in [0.717, 1.165) is 25.0 Å². The van der Waals surface area contributed by atoms with E-state index in [-0.39, 0.29) is 5.97 Å². The number of esters is 1. The van der Waals surface area contributed by atoms with Crippen molar-refractivity contribution in [3.8, 4) is 0 Å². The Morgan fingerprint density at radius 1 is 1.29 bits per heavy atom. The minimum atomic E-state index is -0.296. The second-order valence-electron chi connectivity index (χ2n) is 5.57. The number of methoxy groups -OCH3 is 1. The largest absolute Gasteiger partial charge is 0.498 e. The first kappa shape index (κ1) is 15.8. The van der Waals surface area contributed by atoms with Crippen molar-refractivity contribution in [2.24, 2.45) is 0 Å². The summed E-state index contributed by atoms with van der Waals surface area (Å²) in [4.78, 5) is 10.9. The average Bonchev–Trinajstić information content (AvgIpc) is 3.05. The van der Waals surface area contributed by atoms with Crippen molar-refractivity contribution in [3.63, 3.8) is 0 Å². The first-order valence-corrected chi connectivity index (χ1v) is 7.98. The van der Waals surface area contributed by atoms with Crippen LogP contribution in [0.15, 0.2) is 24.0 Å². The van der Waals surface area contributed by atoms with Crippen LogP contribution in [0, 0.1) is 0 Å². The van der Waals surface area contributed by atoms with Crippen LogP contribution in [-0.2, 0) is 14.3 Å². The summed E-state index contributed by atoms with van der Waals surface area (Å²) in [6, 6.07) is 0. The van der Waals surface area contributed by atoms with Crippen molar-refractivity contribution in [1.29, 1.82) is 0 Å². The van der Waals surface area contributed by atoms with Gasteiger partial charge in [0, 0.05) is 37.8 Å². The van der Waals surface area contributed by atoms with Gasteiger partial charge in [0.1, 0.15) is 18.8 Å². The van der Waals surface area contributed by atoms with E-state index < -0.39 is 0 Å². The van der Waals surface area contributed by atoms with E-state index in [1.54, 1.807) is 0 Å². The number of rotatable bonds is 6. The number of nitrogens with zero attached hydrogens (tertiary/aromatic N) is 1. The summed E-state index contributed by atoms with van der Waals surface area (Å²) in [6.45, 7) is 3.12. The molecule has 1 fully saturated rings. The Kier molecular flexibility index (Phi) is 6.51. The van der Waals surface area contributed by atoms with Gasteiger partial charge in [0.25, 0.3) is 0 Å². The molecular weight excluding hydrogens is 266 g/mol. The zero-order chi connectivity index (χ0) is 14.9. The van der Waals surface area contributed by atoms with Gasteiger partial charge in [-0.2, -0.15) is 0 Å². The van der Waals surface area contributed by atoms with Gasteiger partial charge < -0.3 is 9.47 Å². The van der Waals surface area contributed by atoms with Gasteiger partial charge in [0.2, 0.25) is 0 Å². The summed E-state index contributed by atoms with van der Waals surface area (Å²) in [5, 5.41) is 0. The maximum Gasteiger partial charge on any atom is 0.330 e. The van der Waals surface area contributed by atoms with Crippen molar-refractivity contribution < 1.29 is 18.8 Å². The summed E-state index contributed by atoms with van der Waals surface area (Å²) in [5.74, 6) is 0.829. The summed E-state index contributed by atoms with van der Waals surface area (Å²) >= 11 is 0. The molecule has 1 heterocycles. The highest BCUT2D eigenvalue weighted by Crippen LogP contribution is 2.19. The van der Waals surface area contributed by atoms with Gasteiger partial charge in [-0.05, 0) is 19.3 Å². The number of allylic oxidation sites excluding steroid dienone is 3. The fourth-order valence-electron chi connectivity index (χ4n) is 2.79. The summed E-state index contributed by atoms with van der Waals surface area (Å²) in [7, 11) is 1.39. The Morgan fingerprint density at radius 3 is 2.86 bits per heavy atom. The highest BCUT2D eigenvalue weighted by Gasteiger charge is 2.21. The summed E-state index contributed by atoms with van der Waals surface area (Å²) < 4.78 is 12.9. The van der Waals surface area contributed by atoms with E-state index in [4.69, 9.17) is 4.74 Å². The smallest absolute Gasteiger partial charge is 0.330 e. The summed E-state index contributed by atoms with van der Waals surface area (Å²) in [5.41, 5.74) is 1.46. The number of ether oxygens (including phenoxy) is 2. The van der Waals surface area contributed by atoms with E-state index >= 15 is 0 Å². The van der Waals surface area contributed by atoms with Crippen molar-refractivity contribution >= 4 is 11.7 Å². The standard InChI is InChI=1S/C17H26NO3/c1-20-17(19)10-3-2-6-13-21-16-9-7-8-15(14-16)18-11-4-5-12-18/h3,10,14H,2,4-9,11-13H2,1H3/q+1/b10-3-. The van der Waals surface area contributed by atoms with Crippen LogP contribution in [-0.4, -0.2) is 43.1 Å². The Bertz CT molecular complexity index is 441. The number of hydrogen-bond acceptors (Lipinski definition) is 3. The molecule has 0 unspecified atom stereocenters. The Labute approximate surface area is 127 Å². The van der Waals surface area contributed by atoms with Crippen LogP contribution in [0.25, 0.3) is 0 Å². The normalized spacial score (nSPS) is 19.0. The molecule has 4 nitrogen and oxygen atoms in total. The van der Waals surface area contributed by atoms with Crippen molar-refractivity contribution in [1.82, 2.24) is 0 Å². The lowest BCUT2D eigenvalue weighted by Crippen LogP contribution is -2.19. The maximum absolute atomic E-state index is 10.9. The molecule has 1 saturated heterocycles. The molecule has 0 aromatic rings. The second kappa shape index (κ2) is 8.65. The number of hydrogen-bond donors (Lipinski definition) is 0. The summed E-state index contributed by atoms with van der Waals surface area (Å²) in [6.07, 6.45) is 13.4. The van der Waals surface area contributed by atoms with Crippen molar-refractivity contribution in [2.75, 3.05) is 26.8 Å². The molecule has 1 aliphatic heterocycles. The van der Waals surface area contributed by atoms with Gasteiger partial charge in [-0.1, -0.05) is 6.08 Å². The molecule has 4 heteroatoms. The lowest BCUT2D eigenvalue weighted by atomic mass is 10.0. The third-order valence-electron chi connectivity index (χ3n) is 3.95. The van der Waals surface area contributed by atoms with Gasteiger partial charge in [0.15, 0.2) is 5.71 Å². The minimum Gasteiger partial charge on any atom is -0.498 e. The molecule has 0 N–H and O–H groups in total.